The number of aromatic nitrogens is 1. The molecule has 4 heteroatoms. The molecule has 1 heterocycles. The Bertz CT molecular complexity index is 330. The minimum Gasteiger partial charge on any atom is -0.319 e. The SMILES string of the molecule is C.CC(C)(C)C(N)C(=O)Nc1ccccn1. The van der Waals surface area contributed by atoms with Gasteiger partial charge in [0.05, 0.1) is 6.04 Å². The van der Waals surface area contributed by atoms with Crippen molar-refractivity contribution in [2.45, 2.75) is 34.2 Å². The van der Waals surface area contributed by atoms with E-state index >= 15 is 0 Å². The second-order valence-corrected chi connectivity index (χ2v) is 4.55. The molecule has 4 nitrogen and oxygen atoms in total. The van der Waals surface area contributed by atoms with Crippen molar-refractivity contribution in [2.75, 3.05) is 5.32 Å². The summed E-state index contributed by atoms with van der Waals surface area (Å²) in [6.07, 6.45) is 1.62. The van der Waals surface area contributed by atoms with Gasteiger partial charge in [-0.3, -0.25) is 4.79 Å². The molecule has 0 aromatic carbocycles. The normalized spacial score (nSPS) is 12.5. The highest BCUT2D eigenvalue weighted by Gasteiger charge is 2.27. The number of pyridine rings is 1. The maximum atomic E-state index is 11.7. The molecule has 0 aliphatic rings. The van der Waals surface area contributed by atoms with E-state index in [-0.39, 0.29) is 18.7 Å². The van der Waals surface area contributed by atoms with E-state index in [4.69, 9.17) is 5.73 Å². The molecule has 16 heavy (non-hydrogen) atoms. The molecule has 0 bridgehead atoms. The third-order valence-corrected chi connectivity index (χ3v) is 2.13. The quantitative estimate of drug-likeness (QED) is 0.806. The molecule has 0 radical (unpaired) electrons. The van der Waals surface area contributed by atoms with Crippen LogP contribution in [0.15, 0.2) is 24.4 Å². The Balaban J connectivity index is 0.00000225. The standard InChI is InChI=1S/C11H17N3O.CH4/c1-11(2,3)9(12)10(15)14-8-6-4-5-7-13-8;/h4-7,9H,12H2,1-3H3,(H,13,14,15);1H4. The average Bonchev–Trinajstić information content (AvgIpc) is 2.16. The Hall–Kier alpha value is -1.42. The van der Waals surface area contributed by atoms with Crippen LogP contribution in [0.4, 0.5) is 5.82 Å². The van der Waals surface area contributed by atoms with Crippen LogP contribution in [0.25, 0.3) is 0 Å². The zero-order valence-electron chi connectivity index (χ0n) is 9.32. The van der Waals surface area contributed by atoms with Crippen LogP contribution >= 0.6 is 0 Å². The second-order valence-electron chi connectivity index (χ2n) is 4.55. The number of nitrogens with two attached hydrogens (primary N) is 1. The predicted octanol–water partition coefficient (Wildman–Crippen LogP) is 2.03. The molecule has 1 aromatic rings. The van der Waals surface area contributed by atoms with Gasteiger partial charge in [-0.1, -0.05) is 34.3 Å². The zero-order chi connectivity index (χ0) is 11.5. The summed E-state index contributed by atoms with van der Waals surface area (Å²) < 4.78 is 0. The summed E-state index contributed by atoms with van der Waals surface area (Å²) in [5, 5.41) is 2.67. The van der Waals surface area contributed by atoms with Gasteiger partial charge < -0.3 is 11.1 Å². The van der Waals surface area contributed by atoms with Gasteiger partial charge in [-0.15, -0.1) is 0 Å². The van der Waals surface area contributed by atoms with E-state index in [0.29, 0.717) is 5.82 Å². The van der Waals surface area contributed by atoms with Gasteiger partial charge in [0.15, 0.2) is 0 Å². The minimum atomic E-state index is -0.542. The zero-order valence-corrected chi connectivity index (χ0v) is 9.32. The Morgan fingerprint density at radius 1 is 1.44 bits per heavy atom. The van der Waals surface area contributed by atoms with E-state index in [0.717, 1.165) is 0 Å². The average molecular weight is 223 g/mol. The summed E-state index contributed by atoms with van der Waals surface area (Å²) in [7, 11) is 0. The van der Waals surface area contributed by atoms with E-state index in [1.807, 2.05) is 26.8 Å². The number of carbonyl (C=O) groups is 1. The van der Waals surface area contributed by atoms with E-state index < -0.39 is 6.04 Å². The molecule has 0 spiro atoms. The number of nitrogens with zero attached hydrogens (tertiary/aromatic N) is 1. The topological polar surface area (TPSA) is 68.0 Å². The van der Waals surface area contributed by atoms with Crippen molar-refractivity contribution >= 4 is 11.7 Å². The third-order valence-electron chi connectivity index (χ3n) is 2.13. The van der Waals surface area contributed by atoms with Crippen molar-refractivity contribution in [1.82, 2.24) is 4.98 Å². The molecule has 1 amide bonds. The van der Waals surface area contributed by atoms with E-state index in [2.05, 4.69) is 10.3 Å². The van der Waals surface area contributed by atoms with Crippen molar-refractivity contribution in [3.63, 3.8) is 0 Å². The molecule has 3 N–H and O–H groups in total. The molecule has 1 unspecified atom stereocenters. The number of nitrogens with one attached hydrogen (secondary N) is 1. The Morgan fingerprint density at radius 2 is 2.06 bits per heavy atom. The lowest BCUT2D eigenvalue weighted by Gasteiger charge is -2.25. The van der Waals surface area contributed by atoms with E-state index in [9.17, 15) is 4.79 Å². The third kappa shape index (κ3) is 3.98. The van der Waals surface area contributed by atoms with Crippen LogP contribution in [0.1, 0.15) is 28.2 Å². The van der Waals surface area contributed by atoms with Gasteiger partial charge >= 0.3 is 0 Å². The first-order chi connectivity index (χ1) is 6.91. The summed E-state index contributed by atoms with van der Waals surface area (Å²) in [6.45, 7) is 5.78. The summed E-state index contributed by atoms with van der Waals surface area (Å²) in [5.74, 6) is 0.323. The lowest BCUT2D eigenvalue weighted by atomic mass is 9.87. The lowest BCUT2D eigenvalue weighted by Crippen LogP contribution is -2.45. The summed E-state index contributed by atoms with van der Waals surface area (Å²) in [4.78, 5) is 15.7. The Kier molecular flexibility index (Phi) is 5.11. The Labute approximate surface area is 97.3 Å². The molecule has 1 aromatic heterocycles. The van der Waals surface area contributed by atoms with Crippen LogP contribution in [0.5, 0.6) is 0 Å². The van der Waals surface area contributed by atoms with Gasteiger partial charge in [0, 0.05) is 6.20 Å². The van der Waals surface area contributed by atoms with Crippen LogP contribution in [-0.2, 0) is 4.79 Å². The van der Waals surface area contributed by atoms with Crippen molar-refractivity contribution in [3.05, 3.63) is 24.4 Å². The van der Waals surface area contributed by atoms with Gasteiger partial charge in [0.1, 0.15) is 5.82 Å². The first-order valence-corrected chi connectivity index (χ1v) is 4.89. The van der Waals surface area contributed by atoms with Gasteiger partial charge in [0.25, 0.3) is 0 Å². The maximum absolute atomic E-state index is 11.7. The maximum Gasteiger partial charge on any atom is 0.242 e. The monoisotopic (exact) mass is 223 g/mol. The van der Waals surface area contributed by atoms with Crippen LogP contribution in [0, 0.1) is 5.41 Å². The molecule has 0 aliphatic heterocycles. The fourth-order valence-corrected chi connectivity index (χ4v) is 1.03. The van der Waals surface area contributed by atoms with E-state index in [1.54, 1.807) is 18.3 Å². The van der Waals surface area contributed by atoms with Gasteiger partial charge in [-0.05, 0) is 17.5 Å². The van der Waals surface area contributed by atoms with Crippen LogP contribution in [-0.4, -0.2) is 16.9 Å². The highest BCUT2D eigenvalue weighted by atomic mass is 16.2. The second kappa shape index (κ2) is 5.61. The van der Waals surface area contributed by atoms with Gasteiger partial charge in [-0.2, -0.15) is 0 Å². The molecule has 1 atom stereocenters. The van der Waals surface area contributed by atoms with Gasteiger partial charge in [-0.25, -0.2) is 4.98 Å². The van der Waals surface area contributed by atoms with Crippen LogP contribution < -0.4 is 11.1 Å². The Morgan fingerprint density at radius 3 is 2.50 bits per heavy atom. The van der Waals surface area contributed by atoms with Crippen molar-refractivity contribution in [2.24, 2.45) is 11.1 Å². The van der Waals surface area contributed by atoms with Crippen LogP contribution in [0.3, 0.4) is 0 Å². The summed E-state index contributed by atoms with van der Waals surface area (Å²) in [6, 6.07) is 4.79. The fraction of sp³-hybridized carbons (Fsp3) is 0.500. The number of hydrogen-bond donors (Lipinski definition) is 2. The molecule has 0 aliphatic carbocycles. The molecular formula is C12H21N3O. The smallest absolute Gasteiger partial charge is 0.242 e. The van der Waals surface area contributed by atoms with E-state index in [1.165, 1.54) is 0 Å². The number of rotatable bonds is 2. The molecule has 0 saturated carbocycles. The van der Waals surface area contributed by atoms with Crippen LogP contribution in [0.2, 0.25) is 0 Å². The largest absolute Gasteiger partial charge is 0.319 e. The molecule has 1 rings (SSSR count). The van der Waals surface area contributed by atoms with Crippen molar-refractivity contribution in [1.29, 1.82) is 0 Å². The highest BCUT2D eigenvalue weighted by Crippen LogP contribution is 2.18. The lowest BCUT2D eigenvalue weighted by molar-refractivity contribution is -0.119. The minimum absolute atomic E-state index is 0. The number of hydrogen-bond acceptors (Lipinski definition) is 3. The molecule has 0 fully saturated rings. The first kappa shape index (κ1) is 14.6. The highest BCUT2D eigenvalue weighted by molar-refractivity contribution is 5.94. The molecule has 90 valence electrons. The first-order valence-electron chi connectivity index (χ1n) is 4.89. The molecule has 0 saturated heterocycles. The predicted molar refractivity (Wildman–Crippen MR) is 67.0 cm³/mol. The van der Waals surface area contributed by atoms with Gasteiger partial charge in [0.2, 0.25) is 5.91 Å². The fourth-order valence-electron chi connectivity index (χ4n) is 1.03. The number of anilines is 1. The number of amides is 1. The van der Waals surface area contributed by atoms with Crippen molar-refractivity contribution < 1.29 is 4.79 Å². The summed E-state index contributed by atoms with van der Waals surface area (Å²) >= 11 is 0. The molecular weight excluding hydrogens is 202 g/mol. The number of carbonyl (C=O) groups excluding carboxylic acids is 1. The summed E-state index contributed by atoms with van der Waals surface area (Å²) in [5.41, 5.74) is 5.55. The van der Waals surface area contributed by atoms with Crippen molar-refractivity contribution in [3.8, 4) is 0 Å².